The zero-order valence-electron chi connectivity index (χ0n) is 22.1. The van der Waals surface area contributed by atoms with Crippen molar-refractivity contribution in [1.29, 1.82) is 0 Å². The lowest BCUT2D eigenvalue weighted by Crippen LogP contribution is -2.47. The Labute approximate surface area is 204 Å². The third-order valence-corrected chi connectivity index (χ3v) is 6.78. The van der Waals surface area contributed by atoms with Crippen molar-refractivity contribution < 1.29 is 9.18 Å². The predicted molar refractivity (Wildman–Crippen MR) is 137 cm³/mol. The van der Waals surface area contributed by atoms with E-state index in [1.165, 1.54) is 12.1 Å². The first kappa shape index (κ1) is 26.2. The molecule has 1 aromatic carbocycles. The first-order valence-electron chi connectivity index (χ1n) is 12.6. The molecule has 0 N–H and O–H groups in total. The fourth-order valence-corrected chi connectivity index (χ4v) is 4.56. The Morgan fingerprint density at radius 1 is 1.18 bits per heavy atom. The number of rotatable bonds is 8. The van der Waals surface area contributed by atoms with Gasteiger partial charge in [-0.05, 0) is 50.4 Å². The fourth-order valence-electron chi connectivity index (χ4n) is 4.56. The van der Waals surface area contributed by atoms with Crippen LogP contribution in [0.4, 0.5) is 10.2 Å². The molecule has 1 aromatic heterocycles. The Kier molecular flexibility index (Phi) is 8.39. The maximum Gasteiger partial charge on any atom is 0.223 e. The average Bonchev–Trinajstić information content (AvgIpc) is 3.11. The molecule has 188 valence electrons. The average molecular weight is 472 g/mol. The number of piperazine rings is 1. The van der Waals surface area contributed by atoms with E-state index in [-0.39, 0.29) is 23.2 Å². The van der Waals surface area contributed by atoms with Gasteiger partial charge >= 0.3 is 0 Å². The van der Waals surface area contributed by atoms with Crippen molar-refractivity contribution in [3.05, 3.63) is 41.3 Å². The van der Waals surface area contributed by atoms with Gasteiger partial charge in [0.2, 0.25) is 5.91 Å². The quantitative estimate of drug-likeness (QED) is 0.542. The second-order valence-electron chi connectivity index (χ2n) is 10.7. The number of anilines is 1. The summed E-state index contributed by atoms with van der Waals surface area (Å²) in [5, 5.41) is 4.87. The maximum absolute atomic E-state index is 14.1. The molecule has 6 nitrogen and oxygen atoms in total. The number of benzene rings is 1. The van der Waals surface area contributed by atoms with E-state index in [0.29, 0.717) is 18.7 Å². The molecule has 0 spiro atoms. The standard InChI is InChI=1S/C27H42FN5O/c1-8-20(3)32(25(34)18-27(5,6)7)19-24-21(4)29-33(23-12-10-11-22(28)17-23)26(24)31-15-13-30(9-2)14-16-31/h10-12,17,20H,8-9,13-16,18-19H2,1-7H3. The monoisotopic (exact) mass is 471 g/mol. The molecule has 2 aromatic rings. The van der Waals surface area contributed by atoms with Gasteiger partial charge in [-0.25, -0.2) is 9.07 Å². The summed E-state index contributed by atoms with van der Waals surface area (Å²) >= 11 is 0. The van der Waals surface area contributed by atoms with Crippen LogP contribution in [0.1, 0.15) is 65.6 Å². The van der Waals surface area contributed by atoms with Crippen molar-refractivity contribution in [3.8, 4) is 5.69 Å². The number of aromatic nitrogens is 2. The van der Waals surface area contributed by atoms with Crippen LogP contribution in [-0.4, -0.2) is 64.3 Å². The summed E-state index contributed by atoms with van der Waals surface area (Å²) in [5.41, 5.74) is 2.56. The summed E-state index contributed by atoms with van der Waals surface area (Å²) in [6.07, 6.45) is 1.39. The molecule has 0 bridgehead atoms. The van der Waals surface area contributed by atoms with Crippen molar-refractivity contribution >= 4 is 11.7 Å². The van der Waals surface area contributed by atoms with Gasteiger partial charge in [-0.1, -0.05) is 40.7 Å². The molecule has 2 heterocycles. The normalized spacial score (nSPS) is 16.1. The van der Waals surface area contributed by atoms with E-state index in [9.17, 15) is 9.18 Å². The van der Waals surface area contributed by atoms with E-state index < -0.39 is 0 Å². The van der Waals surface area contributed by atoms with Gasteiger partial charge in [0, 0.05) is 44.2 Å². The Morgan fingerprint density at radius 2 is 1.85 bits per heavy atom. The Hall–Kier alpha value is -2.41. The zero-order chi connectivity index (χ0) is 25.0. The summed E-state index contributed by atoms with van der Waals surface area (Å²) in [7, 11) is 0. The number of amides is 1. The van der Waals surface area contributed by atoms with Gasteiger partial charge in [0.05, 0.1) is 17.9 Å². The molecule has 1 saturated heterocycles. The van der Waals surface area contributed by atoms with E-state index in [4.69, 9.17) is 5.10 Å². The zero-order valence-corrected chi connectivity index (χ0v) is 22.1. The maximum atomic E-state index is 14.1. The molecule has 34 heavy (non-hydrogen) atoms. The number of hydrogen-bond acceptors (Lipinski definition) is 4. The topological polar surface area (TPSA) is 44.6 Å². The molecule has 0 saturated carbocycles. The van der Waals surface area contributed by atoms with Gasteiger partial charge < -0.3 is 14.7 Å². The Bertz CT molecular complexity index is 972. The molecular weight excluding hydrogens is 429 g/mol. The molecule has 1 unspecified atom stereocenters. The third-order valence-electron chi connectivity index (χ3n) is 6.78. The summed E-state index contributed by atoms with van der Waals surface area (Å²) in [6, 6.07) is 6.72. The number of carbonyl (C=O) groups excluding carboxylic acids is 1. The highest BCUT2D eigenvalue weighted by Gasteiger charge is 2.30. The highest BCUT2D eigenvalue weighted by atomic mass is 19.1. The molecular formula is C27H42FN5O. The van der Waals surface area contributed by atoms with Crippen LogP contribution in [0.2, 0.25) is 0 Å². The molecule has 7 heteroatoms. The number of likely N-dealkylation sites (N-methyl/N-ethyl adjacent to an activating group) is 1. The first-order chi connectivity index (χ1) is 16.0. The summed E-state index contributed by atoms with van der Waals surface area (Å²) < 4.78 is 16.0. The van der Waals surface area contributed by atoms with E-state index >= 15 is 0 Å². The van der Waals surface area contributed by atoms with E-state index in [2.05, 4.69) is 51.3 Å². The highest BCUT2D eigenvalue weighted by molar-refractivity contribution is 5.77. The first-order valence-corrected chi connectivity index (χ1v) is 12.6. The molecule has 0 aliphatic carbocycles. The SMILES string of the molecule is CCC(C)N(Cc1c(C)nn(-c2cccc(F)c2)c1N1CCN(CC)CC1)C(=O)CC(C)(C)C. The lowest BCUT2D eigenvalue weighted by molar-refractivity contribution is -0.135. The second kappa shape index (κ2) is 10.9. The van der Waals surface area contributed by atoms with Gasteiger partial charge in [0.25, 0.3) is 0 Å². The Morgan fingerprint density at radius 3 is 2.41 bits per heavy atom. The van der Waals surface area contributed by atoms with Crippen molar-refractivity contribution in [2.45, 2.75) is 73.9 Å². The van der Waals surface area contributed by atoms with Crippen molar-refractivity contribution in [2.75, 3.05) is 37.6 Å². The van der Waals surface area contributed by atoms with Crippen LogP contribution in [0.25, 0.3) is 5.69 Å². The molecule has 0 radical (unpaired) electrons. The number of nitrogens with zero attached hydrogens (tertiary/aromatic N) is 5. The van der Waals surface area contributed by atoms with Gasteiger partial charge in [0.15, 0.2) is 0 Å². The largest absolute Gasteiger partial charge is 0.354 e. The van der Waals surface area contributed by atoms with E-state index in [1.54, 1.807) is 6.07 Å². The summed E-state index contributed by atoms with van der Waals surface area (Å²) in [5.74, 6) is 0.868. The Balaban J connectivity index is 2.05. The van der Waals surface area contributed by atoms with Crippen LogP contribution in [0.3, 0.4) is 0 Å². The number of aryl methyl sites for hydroxylation is 1. The van der Waals surface area contributed by atoms with Crippen LogP contribution in [0.15, 0.2) is 24.3 Å². The van der Waals surface area contributed by atoms with Gasteiger partial charge in [-0.15, -0.1) is 0 Å². The van der Waals surface area contributed by atoms with Crippen LogP contribution in [-0.2, 0) is 11.3 Å². The van der Waals surface area contributed by atoms with Crippen molar-refractivity contribution in [2.24, 2.45) is 5.41 Å². The predicted octanol–water partition coefficient (Wildman–Crippen LogP) is 5.03. The van der Waals surface area contributed by atoms with Gasteiger partial charge in [0.1, 0.15) is 11.6 Å². The number of carbonyl (C=O) groups is 1. The van der Waals surface area contributed by atoms with Crippen LogP contribution in [0.5, 0.6) is 0 Å². The van der Waals surface area contributed by atoms with Crippen molar-refractivity contribution in [1.82, 2.24) is 19.6 Å². The minimum Gasteiger partial charge on any atom is -0.354 e. The number of halogens is 1. The minimum atomic E-state index is -0.282. The smallest absolute Gasteiger partial charge is 0.223 e. The lowest BCUT2D eigenvalue weighted by atomic mass is 9.91. The second-order valence-corrected chi connectivity index (χ2v) is 10.7. The molecule has 1 aliphatic heterocycles. The molecule has 1 atom stereocenters. The van der Waals surface area contributed by atoms with E-state index in [0.717, 1.165) is 56.2 Å². The molecule has 1 aliphatic rings. The summed E-state index contributed by atoms with van der Waals surface area (Å²) in [6.45, 7) is 20.0. The fraction of sp³-hybridized carbons (Fsp3) is 0.630. The summed E-state index contributed by atoms with van der Waals surface area (Å²) in [4.78, 5) is 20.2. The molecule has 1 fully saturated rings. The minimum absolute atomic E-state index is 0.0805. The molecule has 3 rings (SSSR count). The van der Waals surface area contributed by atoms with Crippen LogP contribution in [0, 0.1) is 18.2 Å². The highest BCUT2D eigenvalue weighted by Crippen LogP contribution is 2.31. The van der Waals surface area contributed by atoms with E-state index in [1.807, 2.05) is 22.6 Å². The van der Waals surface area contributed by atoms with Gasteiger partial charge in [-0.3, -0.25) is 4.79 Å². The van der Waals surface area contributed by atoms with Gasteiger partial charge in [-0.2, -0.15) is 5.10 Å². The lowest BCUT2D eigenvalue weighted by Gasteiger charge is -2.37. The number of hydrogen-bond donors (Lipinski definition) is 0. The van der Waals surface area contributed by atoms with Crippen LogP contribution < -0.4 is 4.90 Å². The molecule has 1 amide bonds. The van der Waals surface area contributed by atoms with Crippen molar-refractivity contribution in [3.63, 3.8) is 0 Å². The third kappa shape index (κ3) is 6.17. The van der Waals surface area contributed by atoms with Crippen LogP contribution >= 0.6 is 0 Å².